The van der Waals surface area contributed by atoms with Crippen LogP contribution in [0, 0.1) is 7.14 Å². The van der Waals surface area contributed by atoms with Gasteiger partial charge in [0.25, 0.3) is 5.91 Å². The second kappa shape index (κ2) is 8.19. The van der Waals surface area contributed by atoms with E-state index in [9.17, 15) is 4.79 Å². The topological polar surface area (TPSA) is 38.8 Å². The molecule has 0 saturated carbocycles. The summed E-state index contributed by atoms with van der Waals surface area (Å²) >= 11 is 11.2. The van der Waals surface area contributed by atoms with Crippen LogP contribution in [0.5, 0.6) is 5.75 Å². The van der Waals surface area contributed by atoms with Crippen LogP contribution in [0.4, 0.5) is 0 Å². The van der Waals surface area contributed by atoms with Gasteiger partial charge in [-0.2, -0.15) is 0 Å². The summed E-state index contributed by atoms with van der Waals surface area (Å²) in [4.78, 5) is 15.0. The molecule has 2 fully saturated rings. The van der Waals surface area contributed by atoms with Crippen LogP contribution in [0.15, 0.2) is 17.0 Å². The Labute approximate surface area is 178 Å². The molecule has 4 nitrogen and oxygen atoms in total. The van der Waals surface area contributed by atoms with Crippen molar-refractivity contribution in [3.05, 3.63) is 29.7 Å². The Hall–Kier alpha value is 0.0900. The van der Waals surface area contributed by atoms with Gasteiger partial charge in [0.1, 0.15) is 10.1 Å². The quantitative estimate of drug-likeness (QED) is 0.299. The van der Waals surface area contributed by atoms with Gasteiger partial charge in [-0.3, -0.25) is 9.69 Å². The van der Waals surface area contributed by atoms with Crippen LogP contribution in [0.2, 0.25) is 0 Å². The van der Waals surface area contributed by atoms with Crippen LogP contribution in [0.3, 0.4) is 0 Å². The van der Waals surface area contributed by atoms with E-state index in [0.717, 1.165) is 37.9 Å². The number of ether oxygens (including phenoxy) is 2. The molecular weight excluding hydrogens is 572 g/mol. The molecule has 0 radical (unpaired) electrons. The van der Waals surface area contributed by atoms with Crippen LogP contribution in [0.1, 0.15) is 18.4 Å². The molecule has 0 spiro atoms. The van der Waals surface area contributed by atoms with E-state index in [0.29, 0.717) is 15.8 Å². The Morgan fingerprint density at radius 2 is 2.29 bits per heavy atom. The highest BCUT2D eigenvalue weighted by Crippen LogP contribution is 2.36. The molecule has 1 aromatic carbocycles. The van der Waals surface area contributed by atoms with Crippen LogP contribution < -0.4 is 4.74 Å². The van der Waals surface area contributed by atoms with Gasteiger partial charge in [0.15, 0.2) is 0 Å². The molecule has 1 atom stereocenters. The van der Waals surface area contributed by atoms with Gasteiger partial charge < -0.3 is 9.47 Å². The lowest BCUT2D eigenvalue weighted by Crippen LogP contribution is -2.35. The number of carbonyl (C=O) groups excluding carboxylic acids is 1. The summed E-state index contributed by atoms with van der Waals surface area (Å²) in [7, 11) is 1.64. The minimum atomic E-state index is -0.0450. The summed E-state index contributed by atoms with van der Waals surface area (Å²) in [6.45, 7) is 1.32. The molecule has 8 heteroatoms. The van der Waals surface area contributed by atoms with Gasteiger partial charge >= 0.3 is 0 Å². The van der Waals surface area contributed by atoms with Crippen molar-refractivity contribution in [3.8, 4) is 5.75 Å². The van der Waals surface area contributed by atoms with E-state index in [1.54, 1.807) is 12.0 Å². The number of methoxy groups -OCH3 is 1. The van der Waals surface area contributed by atoms with Crippen LogP contribution in [-0.4, -0.2) is 41.5 Å². The average molecular weight is 587 g/mol. The Kier molecular flexibility index (Phi) is 6.44. The van der Waals surface area contributed by atoms with Crippen molar-refractivity contribution in [1.82, 2.24) is 4.90 Å². The summed E-state index contributed by atoms with van der Waals surface area (Å²) in [6, 6.07) is 4.05. The van der Waals surface area contributed by atoms with Gasteiger partial charge in [0, 0.05) is 15.7 Å². The smallest absolute Gasteiger partial charge is 0.266 e. The summed E-state index contributed by atoms with van der Waals surface area (Å²) < 4.78 is 13.8. The molecule has 0 aromatic heterocycles. The molecule has 2 heterocycles. The maximum absolute atomic E-state index is 12.7. The third kappa shape index (κ3) is 4.08. The summed E-state index contributed by atoms with van der Waals surface area (Å²) in [5, 5.41) is 0. The number of amides is 1. The lowest BCUT2D eigenvalue weighted by molar-refractivity contribution is -0.123. The third-order valence-corrected chi connectivity index (χ3v) is 6.61. The van der Waals surface area contributed by atoms with Gasteiger partial charge in [-0.1, -0.05) is 24.0 Å². The first-order valence-electron chi connectivity index (χ1n) is 7.39. The fourth-order valence-electron chi connectivity index (χ4n) is 2.69. The first-order chi connectivity index (χ1) is 11.5. The minimum absolute atomic E-state index is 0.0450. The molecule has 0 bridgehead atoms. The van der Waals surface area contributed by atoms with E-state index in [2.05, 4.69) is 45.2 Å². The zero-order valence-corrected chi connectivity index (χ0v) is 18.8. The van der Waals surface area contributed by atoms with Crippen molar-refractivity contribution in [3.63, 3.8) is 0 Å². The van der Waals surface area contributed by atoms with Gasteiger partial charge in [0.2, 0.25) is 0 Å². The van der Waals surface area contributed by atoms with E-state index in [1.807, 2.05) is 18.2 Å². The molecule has 1 aromatic rings. The number of hydrogen-bond acceptors (Lipinski definition) is 5. The van der Waals surface area contributed by atoms with Crippen molar-refractivity contribution < 1.29 is 14.3 Å². The number of rotatable bonds is 4. The van der Waals surface area contributed by atoms with E-state index >= 15 is 0 Å². The summed E-state index contributed by atoms with van der Waals surface area (Å²) in [5.41, 5.74) is 0.895. The number of thiocarbonyl (C=S) groups is 1. The first-order valence-corrected chi connectivity index (χ1v) is 10.8. The highest BCUT2D eigenvalue weighted by molar-refractivity contribution is 14.1. The molecular formula is C16H15I2NO3S2. The SMILES string of the molecule is COc1c(I)cc(I)cc1/C=C1\SC(=S)N(C[C@@H]2CCCO2)C1=O. The predicted molar refractivity (Wildman–Crippen MR) is 117 cm³/mol. The molecule has 0 aliphatic carbocycles. The second-order valence-electron chi connectivity index (χ2n) is 5.44. The van der Waals surface area contributed by atoms with E-state index < -0.39 is 0 Å². The maximum Gasteiger partial charge on any atom is 0.266 e. The Balaban J connectivity index is 1.86. The van der Waals surface area contributed by atoms with Crippen LogP contribution in [0.25, 0.3) is 6.08 Å². The van der Waals surface area contributed by atoms with Crippen molar-refractivity contribution in [1.29, 1.82) is 0 Å². The number of carbonyl (C=O) groups is 1. The zero-order chi connectivity index (χ0) is 17.3. The van der Waals surface area contributed by atoms with Gasteiger partial charge in [-0.15, -0.1) is 0 Å². The summed E-state index contributed by atoms with van der Waals surface area (Å²) in [6.07, 6.45) is 4.00. The third-order valence-electron chi connectivity index (χ3n) is 3.81. The zero-order valence-electron chi connectivity index (χ0n) is 12.9. The highest BCUT2D eigenvalue weighted by Gasteiger charge is 2.34. The largest absolute Gasteiger partial charge is 0.495 e. The number of benzene rings is 1. The number of hydrogen-bond donors (Lipinski definition) is 0. The minimum Gasteiger partial charge on any atom is -0.495 e. The molecule has 2 saturated heterocycles. The molecule has 0 unspecified atom stereocenters. The maximum atomic E-state index is 12.7. The Bertz CT molecular complexity index is 718. The molecule has 128 valence electrons. The first kappa shape index (κ1) is 18.9. The molecule has 1 amide bonds. The highest BCUT2D eigenvalue weighted by atomic mass is 127. The Morgan fingerprint density at radius 1 is 1.50 bits per heavy atom. The molecule has 2 aliphatic heterocycles. The van der Waals surface area contributed by atoms with Crippen LogP contribution >= 0.6 is 69.2 Å². The molecule has 2 aliphatic rings. The standard InChI is InChI=1S/C16H15I2NO3S2/c1-21-14-9(5-10(17)7-12(14)18)6-13-15(20)19(16(23)24-13)8-11-3-2-4-22-11/h5-7,11H,2-4,8H2,1H3/b13-6-/t11-/m0/s1. The van der Waals surface area contributed by atoms with Crippen molar-refractivity contribution in [2.24, 2.45) is 0 Å². The van der Waals surface area contributed by atoms with Crippen molar-refractivity contribution in [2.75, 3.05) is 20.3 Å². The number of halogens is 2. The fraction of sp³-hybridized carbons (Fsp3) is 0.375. The van der Waals surface area contributed by atoms with E-state index in [4.69, 9.17) is 21.7 Å². The van der Waals surface area contributed by atoms with E-state index in [-0.39, 0.29) is 12.0 Å². The molecule has 3 rings (SSSR count). The Morgan fingerprint density at radius 3 is 2.96 bits per heavy atom. The normalized spacial score (nSPS) is 22.7. The summed E-state index contributed by atoms with van der Waals surface area (Å²) in [5.74, 6) is 0.733. The lowest BCUT2D eigenvalue weighted by Gasteiger charge is -2.18. The number of thioether (sulfide) groups is 1. The molecule has 24 heavy (non-hydrogen) atoms. The fourth-order valence-corrected chi connectivity index (χ4v) is 6.07. The van der Waals surface area contributed by atoms with Crippen LogP contribution in [-0.2, 0) is 9.53 Å². The second-order valence-corrected chi connectivity index (χ2v) is 9.52. The predicted octanol–water partition coefficient (Wildman–Crippen LogP) is 4.28. The van der Waals surface area contributed by atoms with Gasteiger partial charge in [-0.05, 0) is 76.2 Å². The van der Waals surface area contributed by atoms with Crippen molar-refractivity contribution >= 4 is 85.5 Å². The van der Waals surface area contributed by atoms with Gasteiger partial charge in [-0.25, -0.2) is 0 Å². The monoisotopic (exact) mass is 587 g/mol. The van der Waals surface area contributed by atoms with Crippen molar-refractivity contribution in [2.45, 2.75) is 18.9 Å². The lowest BCUT2D eigenvalue weighted by atomic mass is 10.2. The number of nitrogens with zero attached hydrogens (tertiary/aromatic N) is 1. The average Bonchev–Trinajstić information content (AvgIpc) is 3.11. The van der Waals surface area contributed by atoms with Gasteiger partial charge in [0.05, 0.1) is 28.2 Å². The molecule has 0 N–H and O–H groups in total. The van der Waals surface area contributed by atoms with E-state index in [1.165, 1.54) is 11.8 Å².